The fourth-order valence-corrected chi connectivity index (χ4v) is 3.27. The number of benzene rings is 2. The maximum atomic E-state index is 12.9. The van der Waals surface area contributed by atoms with E-state index in [9.17, 15) is 24.5 Å². The summed E-state index contributed by atoms with van der Waals surface area (Å²) in [6.45, 7) is 0. The van der Waals surface area contributed by atoms with Gasteiger partial charge in [-0.05, 0) is 18.2 Å². The summed E-state index contributed by atoms with van der Waals surface area (Å²) in [5, 5.41) is 19.1. The van der Waals surface area contributed by atoms with Crippen LogP contribution >= 0.6 is 0 Å². The maximum absolute atomic E-state index is 12.9. The van der Waals surface area contributed by atoms with Crippen LogP contribution in [0, 0.1) is 10.1 Å². The molecule has 2 aromatic carbocycles. The van der Waals surface area contributed by atoms with Crippen LogP contribution in [0.5, 0.6) is 0 Å². The van der Waals surface area contributed by atoms with Crippen molar-refractivity contribution in [2.45, 2.75) is 12.3 Å². The first-order valence-corrected chi connectivity index (χ1v) is 9.23. The van der Waals surface area contributed by atoms with Gasteiger partial charge in [0.1, 0.15) is 11.5 Å². The number of nitro benzene ring substituents is 1. The fourth-order valence-electron chi connectivity index (χ4n) is 3.27. The third-order valence-corrected chi connectivity index (χ3v) is 4.66. The van der Waals surface area contributed by atoms with Crippen molar-refractivity contribution in [1.29, 1.82) is 0 Å². The molecule has 1 aromatic heterocycles. The number of para-hydroxylation sites is 3. The molecular formula is C20H16N6O5. The number of fused-ring (bicyclic) bond motifs is 1. The first-order valence-electron chi connectivity index (χ1n) is 9.23. The Morgan fingerprint density at radius 3 is 2.55 bits per heavy atom. The van der Waals surface area contributed by atoms with Gasteiger partial charge >= 0.3 is 0 Å². The molecule has 2 amide bonds. The van der Waals surface area contributed by atoms with Crippen LogP contribution in [0.3, 0.4) is 0 Å². The van der Waals surface area contributed by atoms with E-state index < -0.39 is 28.2 Å². The number of carbonyl (C=O) groups excluding carboxylic acids is 2. The van der Waals surface area contributed by atoms with Crippen LogP contribution in [0.25, 0.3) is 0 Å². The van der Waals surface area contributed by atoms with Gasteiger partial charge in [-0.25, -0.2) is 0 Å². The van der Waals surface area contributed by atoms with E-state index in [-0.39, 0.29) is 35.1 Å². The van der Waals surface area contributed by atoms with Crippen LogP contribution in [0.2, 0.25) is 0 Å². The van der Waals surface area contributed by atoms with Crippen molar-refractivity contribution in [3.05, 3.63) is 80.6 Å². The van der Waals surface area contributed by atoms with E-state index in [0.717, 1.165) is 0 Å². The number of H-pyrrole nitrogens is 1. The third-order valence-electron chi connectivity index (χ3n) is 4.66. The fraction of sp³-hybridized carbons (Fsp3) is 0.100. The molecular weight excluding hydrogens is 404 g/mol. The van der Waals surface area contributed by atoms with Crippen molar-refractivity contribution in [3.8, 4) is 0 Å². The molecule has 0 aliphatic carbocycles. The first kappa shape index (κ1) is 19.8. The van der Waals surface area contributed by atoms with Gasteiger partial charge in [-0.2, -0.15) is 4.98 Å². The highest BCUT2D eigenvalue weighted by atomic mass is 16.6. The van der Waals surface area contributed by atoms with Gasteiger partial charge in [0.2, 0.25) is 17.8 Å². The van der Waals surface area contributed by atoms with Gasteiger partial charge in [0.05, 0.1) is 16.4 Å². The second-order valence-corrected chi connectivity index (χ2v) is 6.74. The predicted octanol–water partition coefficient (Wildman–Crippen LogP) is 2.49. The Bertz CT molecular complexity index is 1240. The molecule has 0 radical (unpaired) electrons. The number of rotatable bonds is 5. The summed E-state index contributed by atoms with van der Waals surface area (Å²) in [6, 6.07) is 14.6. The zero-order valence-electron chi connectivity index (χ0n) is 15.9. The summed E-state index contributed by atoms with van der Waals surface area (Å²) in [7, 11) is 0. The van der Waals surface area contributed by atoms with Crippen LogP contribution in [0.4, 0.5) is 28.8 Å². The molecule has 3 aromatic rings. The summed E-state index contributed by atoms with van der Waals surface area (Å²) in [5.41, 5.74) is -0.290. The van der Waals surface area contributed by atoms with E-state index in [0.29, 0.717) is 5.69 Å². The number of nitrogens with zero attached hydrogens (tertiary/aromatic N) is 2. The van der Waals surface area contributed by atoms with Crippen LogP contribution in [0.1, 0.15) is 17.9 Å². The summed E-state index contributed by atoms with van der Waals surface area (Å²) in [5.74, 6) is -2.33. The summed E-state index contributed by atoms with van der Waals surface area (Å²) in [6.07, 6.45) is -0.296. The molecule has 156 valence electrons. The highest BCUT2D eigenvalue weighted by Gasteiger charge is 2.35. The Morgan fingerprint density at radius 2 is 1.81 bits per heavy atom. The van der Waals surface area contributed by atoms with Crippen molar-refractivity contribution >= 4 is 40.6 Å². The van der Waals surface area contributed by atoms with Gasteiger partial charge < -0.3 is 16.0 Å². The largest absolute Gasteiger partial charge is 0.326 e. The average Bonchev–Trinajstić information content (AvgIpc) is 2.73. The Morgan fingerprint density at radius 1 is 1.10 bits per heavy atom. The molecule has 1 unspecified atom stereocenters. The van der Waals surface area contributed by atoms with Crippen LogP contribution in [-0.4, -0.2) is 26.7 Å². The minimum absolute atomic E-state index is 0.0192. The minimum Gasteiger partial charge on any atom is -0.326 e. The third kappa shape index (κ3) is 4.10. The Kier molecular flexibility index (Phi) is 5.14. The number of hydrogen-bond acceptors (Lipinski definition) is 7. The average molecular weight is 420 g/mol. The lowest BCUT2D eigenvalue weighted by molar-refractivity contribution is -0.383. The number of hydrogen-bond donors (Lipinski definition) is 4. The van der Waals surface area contributed by atoms with E-state index in [1.807, 2.05) is 6.07 Å². The number of amides is 2. The second-order valence-electron chi connectivity index (χ2n) is 6.74. The Labute approximate surface area is 174 Å². The van der Waals surface area contributed by atoms with Crippen molar-refractivity contribution in [2.75, 3.05) is 16.0 Å². The molecule has 0 bridgehead atoms. The van der Waals surface area contributed by atoms with Gasteiger partial charge in [0.15, 0.2) is 0 Å². The van der Waals surface area contributed by atoms with Crippen LogP contribution < -0.4 is 21.5 Å². The lowest BCUT2D eigenvalue weighted by Crippen LogP contribution is -2.36. The number of carbonyl (C=O) groups is 2. The molecule has 0 saturated heterocycles. The lowest BCUT2D eigenvalue weighted by Gasteiger charge is -2.23. The van der Waals surface area contributed by atoms with Crippen molar-refractivity contribution in [1.82, 2.24) is 9.97 Å². The molecule has 1 aliphatic heterocycles. The summed E-state index contributed by atoms with van der Waals surface area (Å²) < 4.78 is 0. The van der Waals surface area contributed by atoms with E-state index in [2.05, 4.69) is 25.9 Å². The monoisotopic (exact) mass is 420 g/mol. The molecule has 11 heteroatoms. The molecule has 2 heterocycles. The normalized spacial score (nSPS) is 14.8. The van der Waals surface area contributed by atoms with Gasteiger partial charge in [-0.15, -0.1) is 0 Å². The number of aromatic nitrogens is 2. The van der Waals surface area contributed by atoms with Gasteiger partial charge in [0, 0.05) is 18.2 Å². The molecule has 1 atom stereocenters. The highest BCUT2D eigenvalue weighted by molar-refractivity contribution is 6.05. The molecule has 0 fully saturated rings. The van der Waals surface area contributed by atoms with Gasteiger partial charge in [-0.1, -0.05) is 30.3 Å². The molecule has 0 spiro atoms. The SMILES string of the molecule is O=C1CC(C(=O)Nc2ccccc2[N+](=O)[O-])c2c(nc(Nc3ccccc3)[nH]c2=O)N1. The molecule has 11 nitrogen and oxygen atoms in total. The molecule has 1 aliphatic rings. The number of nitrogens with one attached hydrogen (secondary N) is 4. The minimum atomic E-state index is -1.16. The Balaban J connectivity index is 1.66. The summed E-state index contributed by atoms with van der Waals surface area (Å²) in [4.78, 5) is 55.1. The van der Waals surface area contributed by atoms with Crippen LogP contribution in [0.15, 0.2) is 59.4 Å². The van der Waals surface area contributed by atoms with E-state index >= 15 is 0 Å². The van der Waals surface area contributed by atoms with Gasteiger partial charge in [0.25, 0.3) is 11.2 Å². The molecule has 4 N–H and O–H groups in total. The maximum Gasteiger partial charge on any atom is 0.292 e. The standard InChI is InChI=1S/C20H16N6O5/c27-15-10-12(18(28)22-13-8-4-5-9-14(13)26(30)31)16-17(23-15)24-20(25-19(16)29)21-11-6-2-1-3-7-11/h1-9,12H,10H2,(H,22,28)(H3,21,23,24,25,27,29). The number of anilines is 4. The van der Waals surface area contributed by atoms with Gasteiger partial charge in [-0.3, -0.25) is 29.5 Å². The number of nitro groups is 1. The van der Waals surface area contributed by atoms with E-state index in [4.69, 9.17) is 0 Å². The summed E-state index contributed by atoms with van der Waals surface area (Å²) >= 11 is 0. The topological polar surface area (TPSA) is 159 Å². The molecule has 31 heavy (non-hydrogen) atoms. The van der Waals surface area contributed by atoms with E-state index in [1.54, 1.807) is 24.3 Å². The van der Waals surface area contributed by atoms with Crippen molar-refractivity contribution in [3.63, 3.8) is 0 Å². The second kappa shape index (κ2) is 8.06. The zero-order chi connectivity index (χ0) is 22.0. The quantitative estimate of drug-likeness (QED) is 0.364. The van der Waals surface area contributed by atoms with Crippen LogP contribution in [-0.2, 0) is 9.59 Å². The predicted molar refractivity (Wildman–Crippen MR) is 112 cm³/mol. The number of aromatic amines is 1. The zero-order valence-corrected chi connectivity index (χ0v) is 15.9. The molecule has 4 rings (SSSR count). The molecule has 0 saturated carbocycles. The Hall–Kier alpha value is -4.54. The highest BCUT2D eigenvalue weighted by Crippen LogP contribution is 2.31. The lowest BCUT2D eigenvalue weighted by atomic mass is 9.92. The first-order chi connectivity index (χ1) is 14.9. The smallest absolute Gasteiger partial charge is 0.292 e. The van der Waals surface area contributed by atoms with Crippen molar-refractivity contribution < 1.29 is 14.5 Å². The van der Waals surface area contributed by atoms with Crippen molar-refractivity contribution in [2.24, 2.45) is 0 Å². The van der Waals surface area contributed by atoms with E-state index in [1.165, 1.54) is 24.3 Å².